The molecule has 1 aromatic carbocycles. The van der Waals surface area contributed by atoms with Gasteiger partial charge in [0.15, 0.2) is 0 Å². The van der Waals surface area contributed by atoms with Crippen molar-refractivity contribution in [3.8, 4) is 0 Å². The first kappa shape index (κ1) is 15.5. The summed E-state index contributed by atoms with van der Waals surface area (Å²) in [5, 5.41) is 13.3. The second-order valence-electron chi connectivity index (χ2n) is 5.30. The number of para-hydroxylation sites is 1. The molecule has 0 radical (unpaired) electrons. The molecule has 1 atom stereocenters. The van der Waals surface area contributed by atoms with Gasteiger partial charge in [-0.15, -0.1) is 0 Å². The highest BCUT2D eigenvalue weighted by Crippen LogP contribution is 2.18. The Balaban J connectivity index is 1.61. The number of carboxylic acid groups (broad SMARTS) is 1. The largest absolute Gasteiger partial charge is 0.480 e. The van der Waals surface area contributed by atoms with Crippen LogP contribution < -0.4 is 11.1 Å². The Morgan fingerprint density at radius 2 is 2.05 bits per heavy atom. The van der Waals surface area contributed by atoms with Crippen LogP contribution in [0.1, 0.15) is 24.8 Å². The van der Waals surface area contributed by atoms with Crippen LogP contribution in [-0.2, 0) is 11.2 Å². The van der Waals surface area contributed by atoms with Crippen molar-refractivity contribution in [2.45, 2.75) is 31.7 Å². The Morgan fingerprint density at radius 3 is 2.86 bits per heavy atom. The molecule has 114 valence electrons. The fraction of sp³-hybridized carbons (Fsp3) is 0.438. The maximum atomic E-state index is 10.6. The fourth-order valence-corrected chi connectivity index (χ4v) is 2.44. The average molecular weight is 289 g/mol. The number of aromatic amines is 1. The molecule has 0 aliphatic heterocycles. The van der Waals surface area contributed by atoms with Gasteiger partial charge in [0.25, 0.3) is 0 Å². The maximum absolute atomic E-state index is 10.6. The second kappa shape index (κ2) is 7.81. The number of hydrogen-bond donors (Lipinski definition) is 4. The number of nitrogens with two attached hydrogens (primary N) is 1. The molecule has 5 nitrogen and oxygen atoms in total. The van der Waals surface area contributed by atoms with Crippen LogP contribution >= 0.6 is 0 Å². The number of benzene rings is 1. The van der Waals surface area contributed by atoms with Crippen LogP contribution in [0.2, 0.25) is 0 Å². The molecule has 2 rings (SSSR count). The van der Waals surface area contributed by atoms with E-state index in [1.807, 2.05) is 6.07 Å². The minimum absolute atomic E-state index is 0.519. The lowest BCUT2D eigenvalue weighted by Crippen LogP contribution is -2.31. The van der Waals surface area contributed by atoms with Crippen molar-refractivity contribution in [2.75, 3.05) is 13.1 Å². The summed E-state index contributed by atoms with van der Waals surface area (Å²) in [4.78, 5) is 13.8. The summed E-state index contributed by atoms with van der Waals surface area (Å²) in [7, 11) is 0. The van der Waals surface area contributed by atoms with Gasteiger partial charge < -0.3 is 21.1 Å². The van der Waals surface area contributed by atoms with Crippen LogP contribution in [0.5, 0.6) is 0 Å². The van der Waals surface area contributed by atoms with Gasteiger partial charge in [-0.1, -0.05) is 18.2 Å². The zero-order chi connectivity index (χ0) is 15.1. The molecule has 0 spiro atoms. The molecular weight excluding hydrogens is 266 g/mol. The number of aromatic nitrogens is 1. The van der Waals surface area contributed by atoms with E-state index in [-0.39, 0.29) is 0 Å². The highest BCUT2D eigenvalue weighted by molar-refractivity contribution is 5.82. The summed E-state index contributed by atoms with van der Waals surface area (Å²) in [6.07, 6.45) is 5.49. The number of carboxylic acids is 1. The van der Waals surface area contributed by atoms with Crippen molar-refractivity contribution in [3.63, 3.8) is 0 Å². The molecular formula is C16H23N3O2. The molecule has 21 heavy (non-hydrogen) atoms. The van der Waals surface area contributed by atoms with Gasteiger partial charge in [0.05, 0.1) is 0 Å². The van der Waals surface area contributed by atoms with E-state index in [0.717, 1.165) is 32.4 Å². The molecule has 1 aromatic heterocycles. The van der Waals surface area contributed by atoms with E-state index < -0.39 is 12.0 Å². The molecule has 0 saturated carbocycles. The van der Waals surface area contributed by atoms with Crippen LogP contribution in [0.15, 0.2) is 30.5 Å². The minimum Gasteiger partial charge on any atom is -0.480 e. The molecule has 2 aromatic rings. The molecule has 0 fully saturated rings. The predicted molar refractivity (Wildman–Crippen MR) is 84.3 cm³/mol. The lowest BCUT2D eigenvalue weighted by atomic mass is 10.1. The third-order valence-corrected chi connectivity index (χ3v) is 3.66. The Morgan fingerprint density at radius 1 is 1.29 bits per heavy atom. The predicted octanol–water partition coefficient (Wildman–Crippen LogP) is 1.88. The fourth-order valence-electron chi connectivity index (χ4n) is 2.44. The second-order valence-corrected chi connectivity index (χ2v) is 5.30. The number of fused-ring (bicyclic) bond motifs is 1. The lowest BCUT2D eigenvalue weighted by molar-refractivity contribution is -0.138. The standard InChI is InChI=1S/C16H23N3O2/c17-14(16(20)21)7-4-10-18-9-3-5-12-11-19-15-8-2-1-6-13(12)15/h1-2,6,8,11,14,18-19H,3-5,7,9-10,17H2,(H,20,21)/t14-/m0/s1. The van der Waals surface area contributed by atoms with Crippen LogP contribution in [-0.4, -0.2) is 35.2 Å². The molecule has 5 heteroatoms. The first-order chi connectivity index (χ1) is 10.2. The zero-order valence-electron chi connectivity index (χ0n) is 12.1. The molecule has 5 N–H and O–H groups in total. The molecule has 0 aliphatic carbocycles. The first-order valence-electron chi connectivity index (χ1n) is 7.42. The van der Waals surface area contributed by atoms with Crippen molar-refractivity contribution in [1.29, 1.82) is 0 Å². The lowest BCUT2D eigenvalue weighted by Gasteiger charge is -2.07. The number of hydrogen-bond acceptors (Lipinski definition) is 3. The van der Waals surface area contributed by atoms with E-state index in [0.29, 0.717) is 6.42 Å². The van der Waals surface area contributed by atoms with Crippen molar-refractivity contribution >= 4 is 16.9 Å². The van der Waals surface area contributed by atoms with Gasteiger partial charge in [0.1, 0.15) is 6.04 Å². The van der Waals surface area contributed by atoms with Gasteiger partial charge in [-0.3, -0.25) is 4.79 Å². The van der Waals surface area contributed by atoms with Gasteiger partial charge in [0.2, 0.25) is 0 Å². The minimum atomic E-state index is -0.922. The van der Waals surface area contributed by atoms with Gasteiger partial charge >= 0.3 is 5.97 Å². The highest BCUT2D eigenvalue weighted by Gasteiger charge is 2.09. The van der Waals surface area contributed by atoms with Crippen molar-refractivity contribution < 1.29 is 9.90 Å². The number of H-pyrrole nitrogens is 1. The zero-order valence-corrected chi connectivity index (χ0v) is 12.1. The van der Waals surface area contributed by atoms with Crippen molar-refractivity contribution in [1.82, 2.24) is 10.3 Å². The summed E-state index contributed by atoms with van der Waals surface area (Å²) < 4.78 is 0. The Labute approximate surface area is 124 Å². The van der Waals surface area contributed by atoms with Crippen LogP contribution in [0, 0.1) is 0 Å². The number of nitrogens with one attached hydrogen (secondary N) is 2. The van der Waals surface area contributed by atoms with Crippen molar-refractivity contribution in [3.05, 3.63) is 36.0 Å². The van der Waals surface area contributed by atoms with E-state index in [1.54, 1.807) is 0 Å². The Hall–Kier alpha value is -1.85. The smallest absolute Gasteiger partial charge is 0.320 e. The molecule has 0 saturated heterocycles. The number of aryl methyl sites for hydroxylation is 1. The molecule has 0 unspecified atom stereocenters. The van der Waals surface area contributed by atoms with Crippen LogP contribution in [0.25, 0.3) is 10.9 Å². The van der Waals surface area contributed by atoms with Gasteiger partial charge in [-0.2, -0.15) is 0 Å². The normalized spacial score (nSPS) is 12.6. The third-order valence-electron chi connectivity index (χ3n) is 3.66. The summed E-state index contributed by atoms with van der Waals surface area (Å²) in [6.45, 7) is 1.75. The SMILES string of the molecule is N[C@@H](CCCNCCCc1c[nH]c2ccccc12)C(=O)O. The number of rotatable bonds is 9. The Kier molecular flexibility index (Phi) is 5.78. The summed E-state index contributed by atoms with van der Waals surface area (Å²) >= 11 is 0. The average Bonchev–Trinajstić information content (AvgIpc) is 2.89. The van der Waals surface area contributed by atoms with Gasteiger partial charge in [-0.05, 0) is 50.4 Å². The van der Waals surface area contributed by atoms with E-state index in [1.165, 1.54) is 16.5 Å². The summed E-state index contributed by atoms with van der Waals surface area (Å²) in [5.41, 5.74) is 7.97. The van der Waals surface area contributed by atoms with Crippen LogP contribution in [0.4, 0.5) is 0 Å². The molecule has 1 heterocycles. The monoisotopic (exact) mass is 289 g/mol. The highest BCUT2D eigenvalue weighted by atomic mass is 16.4. The molecule has 0 amide bonds. The number of carbonyl (C=O) groups is 1. The van der Waals surface area contributed by atoms with E-state index >= 15 is 0 Å². The van der Waals surface area contributed by atoms with Crippen LogP contribution in [0.3, 0.4) is 0 Å². The first-order valence-corrected chi connectivity index (χ1v) is 7.42. The third kappa shape index (κ3) is 4.58. The van der Waals surface area contributed by atoms with E-state index in [2.05, 4.69) is 34.7 Å². The van der Waals surface area contributed by atoms with Crippen molar-refractivity contribution in [2.24, 2.45) is 5.73 Å². The summed E-state index contributed by atoms with van der Waals surface area (Å²) in [5.74, 6) is -0.922. The van der Waals surface area contributed by atoms with Gasteiger partial charge in [0, 0.05) is 17.1 Å². The summed E-state index contributed by atoms with van der Waals surface area (Å²) in [6, 6.07) is 7.58. The molecule has 0 aliphatic rings. The number of aliphatic carboxylic acids is 1. The maximum Gasteiger partial charge on any atom is 0.320 e. The van der Waals surface area contributed by atoms with E-state index in [9.17, 15) is 4.79 Å². The van der Waals surface area contributed by atoms with E-state index in [4.69, 9.17) is 10.8 Å². The Bertz CT molecular complexity index is 580. The van der Waals surface area contributed by atoms with Gasteiger partial charge in [-0.25, -0.2) is 0 Å². The quantitative estimate of drug-likeness (QED) is 0.530. The molecule has 0 bridgehead atoms. The topological polar surface area (TPSA) is 91.1 Å².